The molecule has 98 valence electrons. The standard InChI is InChI=1S/C9H7F3N2O3S/c1-18(15,16)17-5-7-2-6(3-13)8(4-14-7)9(10,11)12/h2,4H,5H2,1H3. The Morgan fingerprint density at radius 1 is 1.50 bits per heavy atom. The van der Waals surface area contributed by atoms with Crippen molar-refractivity contribution in [3.05, 3.63) is 29.1 Å². The van der Waals surface area contributed by atoms with Crippen molar-refractivity contribution in [3.8, 4) is 6.07 Å². The van der Waals surface area contributed by atoms with E-state index < -0.39 is 34.0 Å². The largest absolute Gasteiger partial charge is 0.419 e. The monoisotopic (exact) mass is 280 g/mol. The van der Waals surface area contributed by atoms with E-state index in [1.54, 1.807) is 0 Å². The van der Waals surface area contributed by atoms with Gasteiger partial charge in [-0.15, -0.1) is 0 Å². The highest BCUT2D eigenvalue weighted by atomic mass is 32.2. The zero-order chi connectivity index (χ0) is 14.0. The Balaban J connectivity index is 3.04. The summed E-state index contributed by atoms with van der Waals surface area (Å²) < 4.78 is 63.0. The van der Waals surface area contributed by atoms with Gasteiger partial charge in [0.1, 0.15) is 6.61 Å². The minimum absolute atomic E-state index is 0.0787. The molecule has 0 aliphatic heterocycles. The Labute approximate surface area is 101 Å². The van der Waals surface area contributed by atoms with Crippen LogP contribution in [0.4, 0.5) is 13.2 Å². The lowest BCUT2D eigenvalue weighted by molar-refractivity contribution is -0.138. The van der Waals surface area contributed by atoms with E-state index in [9.17, 15) is 21.6 Å². The van der Waals surface area contributed by atoms with Crippen LogP contribution in [0.2, 0.25) is 0 Å². The number of hydrogen-bond donors (Lipinski definition) is 0. The molecule has 0 amide bonds. The Bertz CT molecular complexity index is 590. The highest BCUT2D eigenvalue weighted by Gasteiger charge is 2.34. The SMILES string of the molecule is CS(=O)(=O)OCc1cc(C#N)c(C(F)(F)F)cn1. The predicted molar refractivity (Wildman–Crippen MR) is 53.6 cm³/mol. The first-order valence-electron chi connectivity index (χ1n) is 4.44. The highest BCUT2D eigenvalue weighted by molar-refractivity contribution is 7.85. The number of alkyl halides is 3. The van der Waals surface area contributed by atoms with Crippen LogP contribution in [0.3, 0.4) is 0 Å². The molecule has 0 bridgehead atoms. The molecule has 1 heterocycles. The molecular formula is C9H7F3N2O3S. The minimum Gasteiger partial charge on any atom is -0.264 e. The molecular weight excluding hydrogens is 273 g/mol. The topological polar surface area (TPSA) is 80.0 Å². The van der Waals surface area contributed by atoms with Crippen LogP contribution in [0, 0.1) is 11.3 Å². The molecule has 9 heteroatoms. The van der Waals surface area contributed by atoms with Crippen molar-refractivity contribution < 1.29 is 25.8 Å². The molecule has 0 saturated carbocycles. The van der Waals surface area contributed by atoms with E-state index in [2.05, 4.69) is 9.17 Å². The minimum atomic E-state index is -4.69. The molecule has 1 aromatic heterocycles. The molecule has 5 nitrogen and oxygen atoms in total. The van der Waals surface area contributed by atoms with Crippen LogP contribution >= 0.6 is 0 Å². The van der Waals surface area contributed by atoms with Crippen LogP contribution in [0.1, 0.15) is 16.8 Å². The predicted octanol–water partition coefficient (Wildman–Crippen LogP) is 1.45. The summed E-state index contributed by atoms with van der Waals surface area (Å²) in [7, 11) is -3.73. The summed E-state index contributed by atoms with van der Waals surface area (Å²) in [5, 5.41) is 8.60. The Morgan fingerprint density at radius 3 is 2.56 bits per heavy atom. The first-order chi connectivity index (χ1) is 8.13. The molecule has 0 fully saturated rings. The average molecular weight is 280 g/mol. The summed E-state index contributed by atoms with van der Waals surface area (Å²) in [6.45, 7) is -0.522. The molecule has 0 aliphatic carbocycles. The van der Waals surface area contributed by atoms with E-state index >= 15 is 0 Å². The van der Waals surface area contributed by atoms with Crippen LogP contribution in [0.5, 0.6) is 0 Å². The Morgan fingerprint density at radius 2 is 2.11 bits per heavy atom. The van der Waals surface area contributed by atoms with E-state index in [1.165, 1.54) is 6.07 Å². The number of pyridine rings is 1. The zero-order valence-corrected chi connectivity index (χ0v) is 9.84. The fourth-order valence-corrected chi connectivity index (χ4v) is 1.40. The third kappa shape index (κ3) is 3.97. The van der Waals surface area contributed by atoms with Gasteiger partial charge >= 0.3 is 6.18 Å². The lowest BCUT2D eigenvalue weighted by Gasteiger charge is -2.09. The van der Waals surface area contributed by atoms with Crippen molar-refractivity contribution in [2.24, 2.45) is 0 Å². The number of nitrogens with zero attached hydrogens (tertiary/aromatic N) is 2. The third-order valence-electron chi connectivity index (χ3n) is 1.81. The Hall–Kier alpha value is -1.66. The van der Waals surface area contributed by atoms with Gasteiger partial charge in [-0.05, 0) is 6.07 Å². The van der Waals surface area contributed by atoms with Crippen LogP contribution in [0.25, 0.3) is 0 Å². The fraction of sp³-hybridized carbons (Fsp3) is 0.333. The molecule has 0 aromatic carbocycles. The number of nitriles is 1. The van der Waals surface area contributed by atoms with Gasteiger partial charge in [0, 0.05) is 6.20 Å². The van der Waals surface area contributed by atoms with Crippen LogP contribution in [0.15, 0.2) is 12.3 Å². The van der Waals surface area contributed by atoms with Gasteiger partial charge in [0.2, 0.25) is 0 Å². The van der Waals surface area contributed by atoms with E-state index in [4.69, 9.17) is 5.26 Å². The van der Waals surface area contributed by atoms with Crippen LogP contribution in [-0.2, 0) is 27.1 Å². The first kappa shape index (κ1) is 14.4. The lowest BCUT2D eigenvalue weighted by atomic mass is 10.1. The molecule has 0 unspecified atom stereocenters. The number of aromatic nitrogens is 1. The number of halogens is 3. The third-order valence-corrected chi connectivity index (χ3v) is 2.35. The van der Waals surface area contributed by atoms with Crippen molar-refractivity contribution >= 4 is 10.1 Å². The van der Waals surface area contributed by atoms with Gasteiger partial charge < -0.3 is 0 Å². The second kappa shape index (κ2) is 4.91. The normalized spacial score (nSPS) is 12.2. The molecule has 0 radical (unpaired) electrons. The molecule has 0 N–H and O–H groups in total. The molecule has 0 saturated heterocycles. The summed E-state index contributed by atoms with van der Waals surface area (Å²) in [6.07, 6.45) is -3.42. The quantitative estimate of drug-likeness (QED) is 0.783. The molecule has 0 atom stereocenters. The highest BCUT2D eigenvalue weighted by Crippen LogP contribution is 2.31. The lowest BCUT2D eigenvalue weighted by Crippen LogP contribution is -2.10. The van der Waals surface area contributed by atoms with Crippen molar-refractivity contribution in [1.29, 1.82) is 5.26 Å². The molecule has 18 heavy (non-hydrogen) atoms. The van der Waals surface area contributed by atoms with Gasteiger partial charge in [0.25, 0.3) is 10.1 Å². The van der Waals surface area contributed by atoms with Crippen molar-refractivity contribution in [3.63, 3.8) is 0 Å². The van der Waals surface area contributed by atoms with Gasteiger partial charge in [-0.1, -0.05) is 0 Å². The molecule has 1 aromatic rings. The van der Waals surface area contributed by atoms with E-state index in [0.29, 0.717) is 6.20 Å². The van der Waals surface area contributed by atoms with Crippen molar-refractivity contribution in [1.82, 2.24) is 4.98 Å². The van der Waals surface area contributed by atoms with Gasteiger partial charge in [-0.3, -0.25) is 9.17 Å². The maximum absolute atomic E-state index is 12.4. The average Bonchev–Trinajstić information content (AvgIpc) is 2.23. The second-order valence-electron chi connectivity index (χ2n) is 3.30. The summed E-state index contributed by atoms with van der Waals surface area (Å²) in [6, 6.07) is 2.22. The summed E-state index contributed by atoms with van der Waals surface area (Å²) in [4.78, 5) is 3.40. The van der Waals surface area contributed by atoms with Gasteiger partial charge in [0.05, 0.1) is 29.1 Å². The van der Waals surface area contributed by atoms with E-state index in [-0.39, 0.29) is 5.69 Å². The molecule has 0 spiro atoms. The van der Waals surface area contributed by atoms with E-state index in [0.717, 1.165) is 12.3 Å². The van der Waals surface area contributed by atoms with Crippen molar-refractivity contribution in [2.45, 2.75) is 12.8 Å². The molecule has 0 aliphatic rings. The molecule has 1 rings (SSSR count). The second-order valence-corrected chi connectivity index (χ2v) is 4.94. The van der Waals surface area contributed by atoms with Crippen molar-refractivity contribution in [2.75, 3.05) is 6.26 Å². The smallest absolute Gasteiger partial charge is 0.264 e. The summed E-state index contributed by atoms with van der Waals surface area (Å²) in [5.74, 6) is 0. The van der Waals surface area contributed by atoms with Gasteiger partial charge in [-0.25, -0.2) is 0 Å². The van der Waals surface area contributed by atoms with Gasteiger partial charge in [0.15, 0.2) is 0 Å². The van der Waals surface area contributed by atoms with Crippen LogP contribution < -0.4 is 0 Å². The fourth-order valence-electron chi connectivity index (χ4n) is 1.06. The first-order valence-corrected chi connectivity index (χ1v) is 6.26. The maximum Gasteiger partial charge on any atom is 0.419 e. The summed E-state index contributed by atoms with van der Waals surface area (Å²) in [5.41, 5.74) is -1.89. The summed E-state index contributed by atoms with van der Waals surface area (Å²) >= 11 is 0. The Kier molecular flexibility index (Phi) is 3.93. The zero-order valence-electron chi connectivity index (χ0n) is 9.02. The number of rotatable bonds is 3. The van der Waals surface area contributed by atoms with E-state index in [1.807, 2.05) is 0 Å². The van der Waals surface area contributed by atoms with Gasteiger partial charge in [-0.2, -0.15) is 26.9 Å². The number of hydrogen-bond acceptors (Lipinski definition) is 5. The maximum atomic E-state index is 12.4. The van der Waals surface area contributed by atoms with Crippen LogP contribution in [-0.4, -0.2) is 19.7 Å².